The molecule has 0 radical (unpaired) electrons. The maximum Gasteiger partial charge on any atom is 0.234 e. The monoisotopic (exact) mass is 249 g/mol. The summed E-state index contributed by atoms with van der Waals surface area (Å²) in [6, 6.07) is 1.93. The molecule has 1 fully saturated rings. The Morgan fingerprint density at radius 3 is 3.06 bits per heavy atom. The van der Waals surface area contributed by atoms with Gasteiger partial charge in [0.1, 0.15) is 11.6 Å². The van der Waals surface area contributed by atoms with Crippen LogP contribution in [-0.2, 0) is 11.3 Å². The zero-order valence-electron chi connectivity index (χ0n) is 10.9. The lowest BCUT2D eigenvalue weighted by molar-refractivity contribution is -0.124. The van der Waals surface area contributed by atoms with Gasteiger partial charge in [-0.1, -0.05) is 0 Å². The predicted octanol–water partition coefficient (Wildman–Crippen LogP) is 0.149. The van der Waals surface area contributed by atoms with E-state index >= 15 is 0 Å². The second-order valence-corrected chi connectivity index (χ2v) is 4.40. The third-order valence-corrected chi connectivity index (χ3v) is 2.74. The van der Waals surface area contributed by atoms with Gasteiger partial charge in [0.05, 0.1) is 13.1 Å². The molecule has 1 aliphatic heterocycles. The minimum atomic E-state index is 0.0702. The number of hydrogen-bond donors (Lipinski definition) is 2. The summed E-state index contributed by atoms with van der Waals surface area (Å²) in [7, 11) is 0. The SMILES string of the molecule is CCNc1cc(C)nc(CN2CCNC(=O)C2)n1. The van der Waals surface area contributed by atoms with Gasteiger partial charge in [0.2, 0.25) is 5.91 Å². The molecule has 0 spiro atoms. The predicted molar refractivity (Wildman–Crippen MR) is 69.2 cm³/mol. The van der Waals surface area contributed by atoms with Crippen molar-refractivity contribution < 1.29 is 4.79 Å². The number of aryl methyl sites for hydroxylation is 1. The van der Waals surface area contributed by atoms with Crippen molar-refractivity contribution in [3.63, 3.8) is 0 Å². The summed E-state index contributed by atoms with van der Waals surface area (Å²) in [6.45, 7) is 7.41. The average Bonchev–Trinajstić information content (AvgIpc) is 2.28. The third-order valence-electron chi connectivity index (χ3n) is 2.74. The normalized spacial score (nSPS) is 16.4. The van der Waals surface area contributed by atoms with Crippen molar-refractivity contribution in [3.8, 4) is 0 Å². The second kappa shape index (κ2) is 5.77. The minimum absolute atomic E-state index is 0.0702. The highest BCUT2D eigenvalue weighted by Crippen LogP contribution is 2.08. The van der Waals surface area contributed by atoms with Crippen molar-refractivity contribution in [2.45, 2.75) is 20.4 Å². The quantitative estimate of drug-likeness (QED) is 0.795. The van der Waals surface area contributed by atoms with Crippen molar-refractivity contribution in [2.75, 3.05) is 31.5 Å². The van der Waals surface area contributed by atoms with Crippen molar-refractivity contribution in [1.82, 2.24) is 20.2 Å². The second-order valence-electron chi connectivity index (χ2n) is 4.40. The zero-order valence-corrected chi connectivity index (χ0v) is 10.9. The fourth-order valence-corrected chi connectivity index (χ4v) is 2.00. The van der Waals surface area contributed by atoms with Crippen LogP contribution in [0.25, 0.3) is 0 Å². The molecule has 6 heteroatoms. The molecular weight excluding hydrogens is 230 g/mol. The first-order chi connectivity index (χ1) is 8.67. The van der Waals surface area contributed by atoms with E-state index in [1.807, 2.05) is 19.9 Å². The number of aromatic nitrogens is 2. The van der Waals surface area contributed by atoms with Crippen molar-refractivity contribution in [3.05, 3.63) is 17.6 Å². The molecule has 1 aromatic rings. The zero-order chi connectivity index (χ0) is 13.0. The summed E-state index contributed by atoms with van der Waals surface area (Å²) in [4.78, 5) is 22.2. The van der Waals surface area contributed by atoms with Gasteiger partial charge >= 0.3 is 0 Å². The lowest BCUT2D eigenvalue weighted by atomic mass is 10.3. The molecule has 2 heterocycles. The maximum absolute atomic E-state index is 11.3. The maximum atomic E-state index is 11.3. The summed E-state index contributed by atoms with van der Waals surface area (Å²) in [6.07, 6.45) is 0. The highest BCUT2D eigenvalue weighted by molar-refractivity contribution is 5.78. The molecule has 1 aromatic heterocycles. The molecule has 18 heavy (non-hydrogen) atoms. The molecule has 2 rings (SSSR count). The van der Waals surface area contributed by atoms with E-state index in [9.17, 15) is 4.79 Å². The van der Waals surface area contributed by atoms with Crippen LogP contribution in [0.5, 0.6) is 0 Å². The van der Waals surface area contributed by atoms with E-state index in [-0.39, 0.29) is 5.91 Å². The Morgan fingerprint density at radius 1 is 1.50 bits per heavy atom. The highest BCUT2D eigenvalue weighted by atomic mass is 16.2. The van der Waals surface area contributed by atoms with E-state index in [0.29, 0.717) is 19.6 Å². The number of nitrogens with one attached hydrogen (secondary N) is 2. The van der Waals surface area contributed by atoms with Gasteiger partial charge in [-0.15, -0.1) is 0 Å². The summed E-state index contributed by atoms with van der Waals surface area (Å²) in [5, 5.41) is 5.99. The van der Waals surface area contributed by atoms with Gasteiger partial charge < -0.3 is 10.6 Å². The van der Waals surface area contributed by atoms with E-state index in [1.165, 1.54) is 0 Å². The average molecular weight is 249 g/mol. The van der Waals surface area contributed by atoms with Gasteiger partial charge in [0, 0.05) is 31.4 Å². The van der Waals surface area contributed by atoms with Crippen LogP contribution in [0.3, 0.4) is 0 Å². The fourth-order valence-electron chi connectivity index (χ4n) is 2.00. The Bertz CT molecular complexity index is 434. The van der Waals surface area contributed by atoms with Crippen LogP contribution in [0.4, 0.5) is 5.82 Å². The summed E-state index contributed by atoms with van der Waals surface area (Å²) in [5.74, 6) is 1.68. The fraction of sp³-hybridized carbons (Fsp3) is 0.583. The topological polar surface area (TPSA) is 70.2 Å². The lowest BCUT2D eigenvalue weighted by Gasteiger charge is -2.25. The van der Waals surface area contributed by atoms with Crippen molar-refractivity contribution in [1.29, 1.82) is 0 Å². The minimum Gasteiger partial charge on any atom is -0.370 e. The highest BCUT2D eigenvalue weighted by Gasteiger charge is 2.17. The number of anilines is 1. The van der Waals surface area contributed by atoms with Gasteiger partial charge in [0.25, 0.3) is 0 Å². The van der Waals surface area contributed by atoms with Crippen LogP contribution < -0.4 is 10.6 Å². The Kier molecular flexibility index (Phi) is 4.09. The number of hydrogen-bond acceptors (Lipinski definition) is 5. The Balaban J connectivity index is 2.05. The molecule has 1 saturated heterocycles. The van der Waals surface area contributed by atoms with E-state index in [4.69, 9.17) is 0 Å². The van der Waals surface area contributed by atoms with Crippen LogP contribution in [0.15, 0.2) is 6.07 Å². The first-order valence-corrected chi connectivity index (χ1v) is 6.25. The number of nitrogens with zero attached hydrogens (tertiary/aromatic N) is 3. The Hall–Kier alpha value is -1.69. The number of carbonyl (C=O) groups excluding carboxylic acids is 1. The molecule has 98 valence electrons. The Labute approximate surface area is 107 Å². The number of piperazine rings is 1. The van der Waals surface area contributed by atoms with Crippen LogP contribution in [0.1, 0.15) is 18.4 Å². The van der Waals surface area contributed by atoms with E-state index < -0.39 is 0 Å². The van der Waals surface area contributed by atoms with Crippen LogP contribution in [0, 0.1) is 6.92 Å². The smallest absolute Gasteiger partial charge is 0.234 e. The van der Waals surface area contributed by atoms with Gasteiger partial charge in [-0.05, 0) is 13.8 Å². The number of carbonyl (C=O) groups is 1. The first kappa shape index (κ1) is 12.8. The molecule has 0 unspecified atom stereocenters. The Morgan fingerprint density at radius 2 is 2.33 bits per heavy atom. The molecule has 1 aliphatic rings. The van der Waals surface area contributed by atoms with Gasteiger partial charge in [-0.3, -0.25) is 9.69 Å². The van der Waals surface area contributed by atoms with Gasteiger partial charge in [-0.25, -0.2) is 9.97 Å². The third kappa shape index (κ3) is 3.40. The summed E-state index contributed by atoms with van der Waals surface area (Å²) >= 11 is 0. The molecule has 0 bridgehead atoms. The first-order valence-electron chi connectivity index (χ1n) is 6.25. The molecule has 6 nitrogen and oxygen atoms in total. The molecule has 1 amide bonds. The van der Waals surface area contributed by atoms with Crippen LogP contribution in [-0.4, -0.2) is 47.0 Å². The van der Waals surface area contributed by atoms with Crippen LogP contribution >= 0.6 is 0 Å². The van der Waals surface area contributed by atoms with Gasteiger partial charge in [0.15, 0.2) is 0 Å². The van der Waals surface area contributed by atoms with E-state index in [2.05, 4.69) is 25.5 Å². The number of rotatable bonds is 4. The van der Waals surface area contributed by atoms with Crippen molar-refractivity contribution >= 4 is 11.7 Å². The summed E-state index contributed by atoms with van der Waals surface area (Å²) < 4.78 is 0. The van der Waals surface area contributed by atoms with E-state index in [1.54, 1.807) is 0 Å². The molecule has 0 saturated carbocycles. The molecule has 0 aromatic carbocycles. The molecule has 2 N–H and O–H groups in total. The van der Waals surface area contributed by atoms with Crippen molar-refractivity contribution in [2.24, 2.45) is 0 Å². The largest absolute Gasteiger partial charge is 0.370 e. The molecule has 0 atom stereocenters. The lowest BCUT2D eigenvalue weighted by Crippen LogP contribution is -2.47. The molecular formula is C12H19N5O. The standard InChI is InChI=1S/C12H19N5O/c1-3-13-10-6-9(2)15-11(16-10)7-17-5-4-14-12(18)8-17/h6H,3-5,7-8H2,1-2H3,(H,14,18)(H,13,15,16). The van der Waals surface area contributed by atoms with Crippen LogP contribution in [0.2, 0.25) is 0 Å². The molecule has 0 aliphatic carbocycles. The van der Waals surface area contributed by atoms with E-state index in [0.717, 1.165) is 30.4 Å². The van der Waals surface area contributed by atoms with Gasteiger partial charge in [-0.2, -0.15) is 0 Å². The number of amides is 1. The summed E-state index contributed by atoms with van der Waals surface area (Å²) in [5.41, 5.74) is 0.942.